The van der Waals surface area contributed by atoms with Gasteiger partial charge in [-0.25, -0.2) is 19.9 Å². The van der Waals surface area contributed by atoms with Gasteiger partial charge in [0.1, 0.15) is 0 Å². The van der Waals surface area contributed by atoms with Gasteiger partial charge < -0.3 is 9.13 Å². The van der Waals surface area contributed by atoms with Crippen LogP contribution in [0.15, 0.2) is 152 Å². The summed E-state index contributed by atoms with van der Waals surface area (Å²) >= 11 is 0. The molecule has 0 N–H and O–H groups in total. The smallest absolute Gasteiger partial charge is 0.307 e. The molecule has 0 radical (unpaired) electrons. The Bertz CT molecular complexity index is 3360. The zero-order valence-electron chi connectivity index (χ0n) is 30.1. The molecule has 11 heteroatoms. The summed E-state index contributed by atoms with van der Waals surface area (Å²) in [7, 11) is 0. The molecule has 4 heterocycles. The second kappa shape index (κ2) is 13.3. The van der Waals surface area contributed by atoms with E-state index in [1.165, 1.54) is 12.1 Å². The van der Waals surface area contributed by atoms with Gasteiger partial charge >= 0.3 is 6.18 Å². The highest BCUT2D eigenvalue weighted by atomic mass is 19.4. The van der Waals surface area contributed by atoms with Gasteiger partial charge in [-0.05, 0) is 60.7 Å². The maximum absolute atomic E-state index is 14.9. The lowest BCUT2D eigenvalue weighted by atomic mass is 9.90. The third-order valence-corrected chi connectivity index (χ3v) is 10.5. The Labute approximate surface area is 328 Å². The Balaban J connectivity index is 1.40. The molecule has 0 unspecified atom stereocenters. The van der Waals surface area contributed by atoms with E-state index in [9.17, 15) is 23.7 Å². The van der Waals surface area contributed by atoms with Crippen molar-refractivity contribution in [2.24, 2.45) is 0 Å². The van der Waals surface area contributed by atoms with Gasteiger partial charge in [-0.15, -0.1) is 0 Å². The van der Waals surface area contributed by atoms with Gasteiger partial charge in [-0.3, -0.25) is 0 Å². The number of para-hydroxylation sites is 2. The van der Waals surface area contributed by atoms with Crippen molar-refractivity contribution in [3.63, 3.8) is 0 Å². The average molecular weight is 759 g/mol. The van der Waals surface area contributed by atoms with Crippen LogP contribution in [0.2, 0.25) is 0 Å². The molecular weight excluding hydrogens is 734 g/mol. The summed E-state index contributed by atoms with van der Waals surface area (Å²) < 4.78 is 48.7. The van der Waals surface area contributed by atoms with Crippen LogP contribution in [0.4, 0.5) is 13.2 Å². The summed E-state index contributed by atoms with van der Waals surface area (Å²) in [6, 6.07) is 41.9. The molecule has 8 nitrogen and oxygen atoms in total. The standard InChI is InChI=1S/C47H25F3N8/c48-47(49,50)37-11-5-8-30(26-51)44(37)36-25-43(58-39-13-4-2-10-33(39)35-17-15-29(23-41(35)58)46-55-20-7-21-56-46)42(24-31(36)27-52)57-38-12-3-1-9-32(38)34-16-14-28(22-40(34)57)45-53-18-6-19-54-45/h1-25H. The number of fused-ring (bicyclic) bond motifs is 6. The normalized spacial score (nSPS) is 11.7. The molecule has 10 aromatic rings. The summed E-state index contributed by atoms with van der Waals surface area (Å²) in [6.45, 7) is 0. The molecule has 0 aliphatic rings. The van der Waals surface area contributed by atoms with Gasteiger partial charge in [0.15, 0.2) is 11.6 Å². The number of rotatable bonds is 5. The van der Waals surface area contributed by atoms with Crippen LogP contribution in [-0.2, 0) is 6.18 Å². The first-order valence-electron chi connectivity index (χ1n) is 18.1. The van der Waals surface area contributed by atoms with Crippen LogP contribution in [0.5, 0.6) is 0 Å². The number of nitrogens with zero attached hydrogens (tertiary/aromatic N) is 8. The van der Waals surface area contributed by atoms with Crippen molar-refractivity contribution >= 4 is 43.6 Å². The van der Waals surface area contributed by atoms with Crippen LogP contribution >= 0.6 is 0 Å². The van der Waals surface area contributed by atoms with E-state index < -0.39 is 11.7 Å². The van der Waals surface area contributed by atoms with Crippen LogP contribution in [0.3, 0.4) is 0 Å². The minimum Gasteiger partial charge on any atom is -0.307 e. The predicted octanol–water partition coefficient (Wildman–Crippen LogP) is 11.2. The van der Waals surface area contributed by atoms with Gasteiger partial charge in [0.05, 0.1) is 62.3 Å². The van der Waals surface area contributed by atoms with Crippen molar-refractivity contribution in [2.45, 2.75) is 6.18 Å². The molecule has 4 aromatic heterocycles. The number of nitriles is 2. The van der Waals surface area contributed by atoms with Gasteiger partial charge in [0, 0.05) is 68.6 Å². The highest BCUT2D eigenvalue weighted by molar-refractivity contribution is 6.12. The van der Waals surface area contributed by atoms with Crippen LogP contribution in [0.25, 0.3) is 88.9 Å². The monoisotopic (exact) mass is 758 g/mol. The van der Waals surface area contributed by atoms with E-state index in [0.717, 1.165) is 60.8 Å². The molecule has 6 aromatic carbocycles. The van der Waals surface area contributed by atoms with Crippen molar-refractivity contribution in [3.8, 4) is 57.4 Å². The van der Waals surface area contributed by atoms with Crippen LogP contribution in [0, 0.1) is 22.7 Å². The third kappa shape index (κ3) is 5.37. The average Bonchev–Trinajstić information content (AvgIpc) is 3.78. The van der Waals surface area contributed by atoms with Gasteiger partial charge in [0.2, 0.25) is 0 Å². The van der Waals surface area contributed by atoms with E-state index in [1.807, 2.05) is 100 Å². The van der Waals surface area contributed by atoms with Gasteiger partial charge in [-0.1, -0.05) is 66.7 Å². The number of halogens is 3. The Morgan fingerprint density at radius 3 is 1.45 bits per heavy atom. The number of hydrogen-bond acceptors (Lipinski definition) is 6. The van der Waals surface area contributed by atoms with Crippen molar-refractivity contribution in [3.05, 3.63) is 169 Å². The summed E-state index contributed by atoms with van der Waals surface area (Å²) in [5, 5.41) is 24.7. The van der Waals surface area contributed by atoms with E-state index in [4.69, 9.17) is 0 Å². The minimum absolute atomic E-state index is 0.0293. The second-order valence-electron chi connectivity index (χ2n) is 13.6. The number of hydrogen-bond donors (Lipinski definition) is 0. The zero-order chi connectivity index (χ0) is 39.5. The fourth-order valence-electron chi connectivity index (χ4n) is 8.04. The van der Waals surface area contributed by atoms with E-state index in [-0.39, 0.29) is 22.3 Å². The Hall–Kier alpha value is -8.15. The van der Waals surface area contributed by atoms with Gasteiger partial charge in [0.25, 0.3) is 0 Å². The molecule has 0 aliphatic carbocycles. The lowest BCUT2D eigenvalue weighted by Gasteiger charge is -2.21. The third-order valence-electron chi connectivity index (χ3n) is 10.5. The zero-order valence-corrected chi connectivity index (χ0v) is 30.1. The lowest BCUT2D eigenvalue weighted by molar-refractivity contribution is -0.137. The first-order chi connectivity index (χ1) is 28.3. The van der Waals surface area contributed by atoms with Crippen LogP contribution < -0.4 is 0 Å². The highest BCUT2D eigenvalue weighted by Gasteiger charge is 2.36. The fourth-order valence-corrected chi connectivity index (χ4v) is 8.04. The van der Waals surface area contributed by atoms with E-state index in [0.29, 0.717) is 23.0 Å². The first-order valence-corrected chi connectivity index (χ1v) is 18.1. The Kier molecular flexibility index (Phi) is 7.85. The molecular formula is C47H25F3N8. The molecule has 0 amide bonds. The molecule has 0 atom stereocenters. The molecule has 58 heavy (non-hydrogen) atoms. The van der Waals surface area contributed by atoms with Crippen LogP contribution in [0.1, 0.15) is 16.7 Å². The maximum Gasteiger partial charge on any atom is 0.417 e. The molecule has 0 bridgehead atoms. The molecule has 0 saturated carbocycles. The fraction of sp³-hybridized carbons (Fsp3) is 0.0213. The summed E-state index contributed by atoms with van der Waals surface area (Å²) in [5.41, 5.74) is 3.85. The Morgan fingerprint density at radius 1 is 0.466 bits per heavy atom. The molecule has 0 aliphatic heterocycles. The first kappa shape index (κ1) is 34.3. The Morgan fingerprint density at radius 2 is 0.948 bits per heavy atom. The predicted molar refractivity (Wildman–Crippen MR) is 217 cm³/mol. The van der Waals surface area contributed by atoms with E-state index in [2.05, 4.69) is 26.0 Å². The molecule has 0 fully saturated rings. The molecule has 274 valence electrons. The maximum atomic E-state index is 14.9. The highest BCUT2D eigenvalue weighted by Crippen LogP contribution is 2.45. The number of aromatic nitrogens is 6. The summed E-state index contributed by atoms with van der Waals surface area (Å²) in [5.74, 6) is 1.01. The van der Waals surface area contributed by atoms with Crippen molar-refractivity contribution in [1.29, 1.82) is 10.5 Å². The van der Waals surface area contributed by atoms with Crippen LogP contribution in [-0.4, -0.2) is 29.1 Å². The topological polar surface area (TPSA) is 109 Å². The molecule has 0 spiro atoms. The minimum atomic E-state index is -4.83. The molecule has 0 saturated heterocycles. The van der Waals surface area contributed by atoms with E-state index in [1.54, 1.807) is 49.1 Å². The van der Waals surface area contributed by atoms with E-state index >= 15 is 0 Å². The SMILES string of the molecule is N#Cc1cc(-n2c3ccccc3c3ccc(-c4ncccn4)cc32)c(-n2c3ccccc3c3ccc(-c4ncccn4)cc32)cc1-c1c(C#N)cccc1C(F)(F)F. The van der Waals surface area contributed by atoms with Crippen molar-refractivity contribution in [1.82, 2.24) is 29.1 Å². The summed E-state index contributed by atoms with van der Waals surface area (Å²) in [6.07, 6.45) is 1.84. The number of alkyl halides is 3. The van der Waals surface area contributed by atoms with Crippen molar-refractivity contribution < 1.29 is 13.2 Å². The largest absolute Gasteiger partial charge is 0.417 e. The van der Waals surface area contributed by atoms with Crippen molar-refractivity contribution in [2.75, 3.05) is 0 Å². The quantitative estimate of drug-likeness (QED) is 0.173. The summed E-state index contributed by atoms with van der Waals surface area (Å²) in [4.78, 5) is 18.0. The lowest BCUT2D eigenvalue weighted by Crippen LogP contribution is -2.10. The second-order valence-corrected chi connectivity index (χ2v) is 13.6. The molecule has 10 rings (SSSR count). The number of benzene rings is 6. The van der Waals surface area contributed by atoms with Gasteiger partial charge in [-0.2, -0.15) is 23.7 Å².